The Morgan fingerprint density at radius 2 is 2.15 bits per heavy atom. The highest BCUT2D eigenvalue weighted by Crippen LogP contribution is 2.26. The molecule has 0 atom stereocenters. The Morgan fingerprint density at radius 1 is 1.54 bits per heavy atom. The van der Waals surface area contributed by atoms with E-state index in [1.807, 2.05) is 0 Å². The van der Waals surface area contributed by atoms with E-state index in [-0.39, 0.29) is 6.29 Å². The molecule has 13 heavy (non-hydrogen) atoms. The lowest BCUT2D eigenvalue weighted by Crippen LogP contribution is -1.98. The fourth-order valence-corrected chi connectivity index (χ4v) is 0.957. The van der Waals surface area contributed by atoms with Crippen molar-refractivity contribution in [3.05, 3.63) is 28.3 Å². The second kappa shape index (κ2) is 3.74. The molecule has 0 bridgehead atoms. The molecule has 1 rings (SSSR count). The third kappa shape index (κ3) is 1.98. The van der Waals surface area contributed by atoms with Gasteiger partial charge in [0.05, 0.1) is 5.56 Å². The third-order valence-electron chi connectivity index (χ3n) is 1.33. The van der Waals surface area contributed by atoms with Crippen molar-refractivity contribution in [2.45, 2.75) is 6.43 Å². The summed E-state index contributed by atoms with van der Waals surface area (Å²) in [6.07, 6.45) is -2.80. The molecule has 0 N–H and O–H groups in total. The quantitative estimate of drug-likeness (QED) is 0.554. The lowest BCUT2D eigenvalue weighted by Gasteiger charge is -2.02. The highest BCUT2D eigenvalue weighted by molar-refractivity contribution is 6.30. The monoisotopic (exact) mass is 209 g/mol. The molecule has 0 spiro atoms. The van der Waals surface area contributed by atoms with Crippen LogP contribution in [0.3, 0.4) is 0 Å². The number of halogens is 4. The molecule has 0 saturated carbocycles. The Labute approximate surface area is 76.3 Å². The molecule has 0 aromatic carbocycles. The number of pyridine rings is 1. The van der Waals surface area contributed by atoms with Gasteiger partial charge in [0.15, 0.2) is 12.1 Å². The second-order valence-electron chi connectivity index (χ2n) is 2.15. The van der Waals surface area contributed by atoms with Gasteiger partial charge in [0.1, 0.15) is 10.8 Å². The lowest BCUT2D eigenvalue weighted by atomic mass is 10.2. The fourth-order valence-electron chi connectivity index (χ4n) is 0.729. The molecule has 1 aromatic rings. The van der Waals surface area contributed by atoms with E-state index < -0.39 is 28.7 Å². The summed E-state index contributed by atoms with van der Waals surface area (Å²) in [5.74, 6) is -1.10. The van der Waals surface area contributed by atoms with Crippen LogP contribution in [-0.2, 0) is 0 Å². The van der Waals surface area contributed by atoms with Gasteiger partial charge in [-0.05, 0) is 6.07 Å². The number of alkyl halides is 2. The van der Waals surface area contributed by atoms with Gasteiger partial charge in [0, 0.05) is 0 Å². The van der Waals surface area contributed by atoms with Gasteiger partial charge in [0.2, 0.25) is 0 Å². The Kier molecular flexibility index (Phi) is 2.87. The smallest absolute Gasteiger partial charge is 0.266 e. The number of carbonyl (C=O) groups excluding carboxylic acids is 1. The molecule has 0 aliphatic rings. The Bertz CT molecular complexity index is 343. The minimum atomic E-state index is -2.91. The van der Waals surface area contributed by atoms with Crippen molar-refractivity contribution >= 4 is 17.9 Å². The van der Waals surface area contributed by atoms with Gasteiger partial charge in [-0.25, -0.2) is 18.2 Å². The molecule has 0 unspecified atom stereocenters. The van der Waals surface area contributed by atoms with E-state index in [1.165, 1.54) is 0 Å². The van der Waals surface area contributed by atoms with Crippen LogP contribution in [0.4, 0.5) is 13.2 Å². The predicted octanol–water partition coefficient (Wildman–Crippen LogP) is 2.62. The number of aromatic nitrogens is 1. The molecular formula is C7H3ClF3NO. The molecule has 2 nitrogen and oxygen atoms in total. The fraction of sp³-hybridized carbons (Fsp3) is 0.143. The van der Waals surface area contributed by atoms with Gasteiger partial charge in [-0.2, -0.15) is 0 Å². The van der Waals surface area contributed by atoms with Crippen molar-refractivity contribution in [2.24, 2.45) is 0 Å². The number of carbonyl (C=O) groups is 1. The van der Waals surface area contributed by atoms with E-state index in [0.717, 1.165) is 0 Å². The zero-order valence-electron chi connectivity index (χ0n) is 6.10. The molecule has 1 heterocycles. The summed E-state index contributed by atoms with van der Waals surface area (Å²) in [7, 11) is 0. The lowest BCUT2D eigenvalue weighted by molar-refractivity contribution is 0.111. The van der Waals surface area contributed by atoms with Crippen molar-refractivity contribution in [1.82, 2.24) is 4.98 Å². The molecule has 0 aliphatic heterocycles. The standard InChI is InChI=1S/C7H3ClF3NO/c8-6-3(7(10)11)1-4(9)5(2-13)12-6/h1-2,7H. The van der Waals surface area contributed by atoms with E-state index in [9.17, 15) is 18.0 Å². The first-order chi connectivity index (χ1) is 6.06. The molecule has 0 aliphatic carbocycles. The highest BCUT2D eigenvalue weighted by atomic mass is 35.5. The first-order valence-corrected chi connectivity index (χ1v) is 3.53. The minimum absolute atomic E-state index is 0.108. The van der Waals surface area contributed by atoms with Crippen molar-refractivity contribution < 1.29 is 18.0 Å². The summed E-state index contributed by atoms with van der Waals surface area (Å²) >= 11 is 5.26. The van der Waals surface area contributed by atoms with Crippen LogP contribution in [0.25, 0.3) is 0 Å². The topological polar surface area (TPSA) is 30.0 Å². The van der Waals surface area contributed by atoms with Crippen LogP contribution < -0.4 is 0 Å². The van der Waals surface area contributed by atoms with Crippen molar-refractivity contribution in [3.8, 4) is 0 Å². The average molecular weight is 210 g/mol. The van der Waals surface area contributed by atoms with Gasteiger partial charge in [-0.1, -0.05) is 11.6 Å². The van der Waals surface area contributed by atoms with Gasteiger partial charge >= 0.3 is 0 Å². The molecule has 1 aromatic heterocycles. The second-order valence-corrected chi connectivity index (χ2v) is 2.51. The van der Waals surface area contributed by atoms with Gasteiger partial charge in [-0.3, -0.25) is 4.79 Å². The van der Waals surface area contributed by atoms with E-state index in [0.29, 0.717) is 6.07 Å². The van der Waals surface area contributed by atoms with E-state index in [1.54, 1.807) is 0 Å². The number of nitrogens with zero attached hydrogens (tertiary/aromatic N) is 1. The Morgan fingerprint density at radius 3 is 2.62 bits per heavy atom. The van der Waals surface area contributed by atoms with E-state index in [2.05, 4.69) is 4.98 Å². The molecular weight excluding hydrogens is 207 g/mol. The summed E-state index contributed by atoms with van der Waals surface area (Å²) < 4.78 is 36.8. The third-order valence-corrected chi connectivity index (χ3v) is 1.63. The van der Waals surface area contributed by atoms with Crippen LogP contribution in [0.15, 0.2) is 6.07 Å². The maximum absolute atomic E-state index is 12.7. The minimum Gasteiger partial charge on any atom is -0.296 e. The summed E-state index contributed by atoms with van der Waals surface area (Å²) in [5.41, 5.74) is -1.29. The first kappa shape index (κ1) is 9.98. The number of hydrogen-bond acceptors (Lipinski definition) is 2. The number of hydrogen-bond donors (Lipinski definition) is 0. The first-order valence-electron chi connectivity index (χ1n) is 3.15. The zero-order chi connectivity index (χ0) is 10.0. The molecule has 70 valence electrons. The van der Waals surface area contributed by atoms with Crippen molar-refractivity contribution in [2.75, 3.05) is 0 Å². The number of aldehydes is 1. The van der Waals surface area contributed by atoms with Crippen LogP contribution in [0.2, 0.25) is 5.15 Å². The predicted molar refractivity (Wildman–Crippen MR) is 39.5 cm³/mol. The van der Waals surface area contributed by atoms with Crippen LogP contribution >= 0.6 is 11.6 Å². The maximum Gasteiger partial charge on any atom is 0.266 e. The molecule has 6 heteroatoms. The van der Waals surface area contributed by atoms with Gasteiger partial charge in [0.25, 0.3) is 6.43 Å². The van der Waals surface area contributed by atoms with Gasteiger partial charge < -0.3 is 0 Å². The largest absolute Gasteiger partial charge is 0.296 e. The summed E-state index contributed by atoms with van der Waals surface area (Å²) in [6.45, 7) is 0. The normalized spacial score (nSPS) is 10.5. The average Bonchev–Trinajstić information content (AvgIpc) is 2.07. The molecule has 0 radical (unpaired) electrons. The molecule has 0 amide bonds. The zero-order valence-corrected chi connectivity index (χ0v) is 6.86. The summed E-state index contributed by atoms with van der Waals surface area (Å²) in [4.78, 5) is 13.3. The van der Waals surface area contributed by atoms with Crippen LogP contribution in [0.5, 0.6) is 0 Å². The highest BCUT2D eigenvalue weighted by Gasteiger charge is 2.16. The summed E-state index contributed by atoms with van der Waals surface area (Å²) in [5, 5.41) is -0.557. The van der Waals surface area contributed by atoms with Crippen LogP contribution in [0, 0.1) is 5.82 Å². The SMILES string of the molecule is O=Cc1nc(Cl)c(C(F)F)cc1F. The molecule has 0 fully saturated rings. The van der Waals surface area contributed by atoms with E-state index >= 15 is 0 Å². The number of rotatable bonds is 2. The Hall–Kier alpha value is -1.10. The summed E-state index contributed by atoms with van der Waals surface area (Å²) in [6, 6.07) is 0.504. The van der Waals surface area contributed by atoms with Crippen LogP contribution in [-0.4, -0.2) is 11.3 Å². The van der Waals surface area contributed by atoms with Crippen molar-refractivity contribution in [3.63, 3.8) is 0 Å². The van der Waals surface area contributed by atoms with E-state index in [4.69, 9.17) is 11.6 Å². The maximum atomic E-state index is 12.7. The van der Waals surface area contributed by atoms with Crippen molar-refractivity contribution in [1.29, 1.82) is 0 Å². The van der Waals surface area contributed by atoms with Crippen LogP contribution in [0.1, 0.15) is 22.5 Å². The van der Waals surface area contributed by atoms with Gasteiger partial charge in [-0.15, -0.1) is 0 Å². The Balaban J connectivity index is 3.28. The molecule has 0 saturated heterocycles.